The van der Waals surface area contributed by atoms with Gasteiger partial charge in [0.1, 0.15) is 16.8 Å². The summed E-state index contributed by atoms with van der Waals surface area (Å²) in [5.74, 6) is 1.71. The second-order valence-electron chi connectivity index (χ2n) is 3.24. The maximum Gasteiger partial charge on any atom is 0.134 e. The first-order chi connectivity index (χ1) is 6.67. The summed E-state index contributed by atoms with van der Waals surface area (Å²) in [7, 11) is 2.02. The molecule has 0 aliphatic heterocycles. The molecule has 1 aromatic heterocycles. The van der Waals surface area contributed by atoms with Gasteiger partial charge in [-0.3, -0.25) is 0 Å². The van der Waals surface area contributed by atoms with E-state index >= 15 is 0 Å². The second-order valence-corrected chi connectivity index (χ2v) is 3.63. The number of aryl methyl sites for hydroxylation is 1. The molecule has 0 fully saturated rings. The van der Waals surface area contributed by atoms with Crippen LogP contribution in [0.2, 0.25) is 5.15 Å². The molecule has 0 saturated heterocycles. The number of anilines is 1. The van der Waals surface area contributed by atoms with Gasteiger partial charge in [0.05, 0.1) is 0 Å². The number of rotatable bonds is 4. The van der Waals surface area contributed by atoms with Crippen LogP contribution in [0.1, 0.15) is 26.1 Å². The quantitative estimate of drug-likeness (QED) is 0.720. The Labute approximate surface area is 90.1 Å². The van der Waals surface area contributed by atoms with E-state index in [0.29, 0.717) is 5.15 Å². The van der Waals surface area contributed by atoms with Gasteiger partial charge in [-0.2, -0.15) is 0 Å². The van der Waals surface area contributed by atoms with Crippen LogP contribution in [0.15, 0.2) is 6.07 Å². The lowest BCUT2D eigenvalue weighted by atomic mass is 10.4. The minimum Gasteiger partial charge on any atom is -0.360 e. The Morgan fingerprint density at radius 2 is 2.07 bits per heavy atom. The molecule has 0 atom stereocenters. The minimum atomic E-state index is 0.523. The maximum absolute atomic E-state index is 5.90. The van der Waals surface area contributed by atoms with E-state index in [0.717, 1.165) is 31.0 Å². The first-order valence-electron chi connectivity index (χ1n) is 4.92. The average molecular weight is 214 g/mol. The van der Waals surface area contributed by atoms with Gasteiger partial charge in [-0.15, -0.1) is 0 Å². The first-order valence-corrected chi connectivity index (χ1v) is 5.29. The Hall–Kier alpha value is -0.830. The van der Waals surface area contributed by atoms with Gasteiger partial charge in [0.15, 0.2) is 0 Å². The van der Waals surface area contributed by atoms with Crippen LogP contribution in [-0.2, 0) is 6.42 Å². The molecule has 78 valence electrons. The summed E-state index contributed by atoms with van der Waals surface area (Å²) in [6, 6.07) is 1.80. The van der Waals surface area contributed by atoms with Gasteiger partial charge in [0.25, 0.3) is 0 Å². The van der Waals surface area contributed by atoms with Crippen molar-refractivity contribution < 1.29 is 0 Å². The summed E-state index contributed by atoms with van der Waals surface area (Å²) in [5, 5.41) is 0.523. The molecular weight excluding hydrogens is 198 g/mol. The van der Waals surface area contributed by atoms with Gasteiger partial charge >= 0.3 is 0 Å². The van der Waals surface area contributed by atoms with Crippen LogP contribution in [0.5, 0.6) is 0 Å². The van der Waals surface area contributed by atoms with E-state index in [2.05, 4.69) is 21.8 Å². The molecule has 1 aromatic rings. The van der Waals surface area contributed by atoms with Crippen LogP contribution in [0, 0.1) is 0 Å². The smallest absolute Gasteiger partial charge is 0.134 e. The molecule has 0 amide bonds. The van der Waals surface area contributed by atoms with E-state index < -0.39 is 0 Å². The Kier molecular flexibility index (Phi) is 4.14. The van der Waals surface area contributed by atoms with E-state index in [1.807, 2.05) is 14.0 Å². The van der Waals surface area contributed by atoms with Crippen LogP contribution in [0.3, 0.4) is 0 Å². The summed E-state index contributed by atoms with van der Waals surface area (Å²) in [6.07, 6.45) is 1.91. The van der Waals surface area contributed by atoms with Gasteiger partial charge in [-0.25, -0.2) is 9.97 Å². The second kappa shape index (κ2) is 5.15. The van der Waals surface area contributed by atoms with Gasteiger partial charge < -0.3 is 4.90 Å². The predicted molar refractivity (Wildman–Crippen MR) is 60.0 cm³/mol. The molecule has 0 spiro atoms. The summed E-state index contributed by atoms with van der Waals surface area (Å²) in [5.41, 5.74) is 0. The largest absolute Gasteiger partial charge is 0.360 e. The van der Waals surface area contributed by atoms with E-state index in [-0.39, 0.29) is 0 Å². The number of halogens is 1. The Bertz CT molecular complexity index is 301. The highest BCUT2D eigenvalue weighted by molar-refractivity contribution is 6.29. The average Bonchev–Trinajstić information content (AvgIpc) is 2.17. The summed E-state index contributed by atoms with van der Waals surface area (Å²) in [4.78, 5) is 10.6. The molecule has 14 heavy (non-hydrogen) atoms. The van der Waals surface area contributed by atoms with Crippen LogP contribution >= 0.6 is 11.6 Å². The number of aromatic nitrogens is 2. The Balaban J connectivity index is 2.90. The summed E-state index contributed by atoms with van der Waals surface area (Å²) < 4.78 is 0. The first kappa shape index (κ1) is 11.2. The Morgan fingerprint density at radius 1 is 1.36 bits per heavy atom. The standard InChI is InChI=1S/C10H16ClN3/c1-4-6-14(3)10-7-8(11)12-9(5-2)13-10/h7H,4-6H2,1-3H3. The third kappa shape index (κ3) is 2.84. The minimum absolute atomic E-state index is 0.523. The fraction of sp³-hybridized carbons (Fsp3) is 0.600. The fourth-order valence-electron chi connectivity index (χ4n) is 1.26. The third-order valence-electron chi connectivity index (χ3n) is 1.99. The molecule has 0 aliphatic carbocycles. The molecule has 4 heteroatoms. The molecule has 0 saturated carbocycles. The van der Waals surface area contributed by atoms with E-state index in [9.17, 15) is 0 Å². The van der Waals surface area contributed by atoms with Gasteiger partial charge in [0.2, 0.25) is 0 Å². The summed E-state index contributed by atoms with van der Waals surface area (Å²) >= 11 is 5.90. The lowest BCUT2D eigenvalue weighted by molar-refractivity contribution is 0.820. The van der Waals surface area contributed by atoms with Crippen molar-refractivity contribution in [2.75, 3.05) is 18.5 Å². The van der Waals surface area contributed by atoms with Crippen molar-refractivity contribution >= 4 is 17.4 Å². The number of nitrogens with zero attached hydrogens (tertiary/aromatic N) is 3. The highest BCUT2D eigenvalue weighted by atomic mass is 35.5. The SMILES string of the molecule is CCCN(C)c1cc(Cl)nc(CC)n1. The molecule has 0 unspecified atom stereocenters. The zero-order valence-corrected chi connectivity index (χ0v) is 9.67. The van der Waals surface area contributed by atoms with E-state index in [1.165, 1.54) is 0 Å². The van der Waals surface area contributed by atoms with Crippen molar-refractivity contribution in [1.82, 2.24) is 9.97 Å². The van der Waals surface area contributed by atoms with Crippen molar-refractivity contribution in [1.29, 1.82) is 0 Å². The zero-order chi connectivity index (χ0) is 10.6. The highest BCUT2D eigenvalue weighted by Crippen LogP contribution is 2.15. The molecule has 0 N–H and O–H groups in total. The lowest BCUT2D eigenvalue weighted by Crippen LogP contribution is -2.19. The van der Waals surface area contributed by atoms with Crippen molar-refractivity contribution in [3.8, 4) is 0 Å². The van der Waals surface area contributed by atoms with E-state index in [4.69, 9.17) is 11.6 Å². The van der Waals surface area contributed by atoms with Crippen LogP contribution in [0.4, 0.5) is 5.82 Å². The topological polar surface area (TPSA) is 29.0 Å². The molecule has 1 heterocycles. The summed E-state index contributed by atoms with van der Waals surface area (Å²) in [6.45, 7) is 5.14. The molecule has 0 aliphatic rings. The molecule has 0 radical (unpaired) electrons. The van der Waals surface area contributed by atoms with E-state index in [1.54, 1.807) is 6.07 Å². The highest BCUT2D eigenvalue weighted by Gasteiger charge is 2.05. The number of hydrogen-bond acceptors (Lipinski definition) is 3. The van der Waals surface area contributed by atoms with Crippen molar-refractivity contribution in [3.63, 3.8) is 0 Å². The van der Waals surface area contributed by atoms with Crippen LogP contribution < -0.4 is 4.90 Å². The fourth-order valence-corrected chi connectivity index (χ4v) is 1.45. The predicted octanol–water partition coefficient (Wildman–Crippen LogP) is 2.54. The van der Waals surface area contributed by atoms with Gasteiger partial charge in [-0.05, 0) is 6.42 Å². The third-order valence-corrected chi connectivity index (χ3v) is 2.19. The zero-order valence-electron chi connectivity index (χ0n) is 8.92. The maximum atomic E-state index is 5.90. The van der Waals surface area contributed by atoms with Crippen molar-refractivity contribution in [2.45, 2.75) is 26.7 Å². The normalized spacial score (nSPS) is 10.3. The van der Waals surface area contributed by atoms with Gasteiger partial charge in [-0.1, -0.05) is 25.4 Å². The Morgan fingerprint density at radius 3 is 2.64 bits per heavy atom. The monoisotopic (exact) mass is 213 g/mol. The molecule has 0 bridgehead atoms. The van der Waals surface area contributed by atoms with Crippen LogP contribution in [0.25, 0.3) is 0 Å². The van der Waals surface area contributed by atoms with Crippen molar-refractivity contribution in [3.05, 3.63) is 17.0 Å². The molecule has 1 rings (SSSR count). The molecule has 3 nitrogen and oxygen atoms in total. The number of hydrogen-bond donors (Lipinski definition) is 0. The van der Waals surface area contributed by atoms with Crippen LogP contribution in [-0.4, -0.2) is 23.6 Å². The molecule has 0 aromatic carbocycles. The molecular formula is C10H16ClN3. The lowest BCUT2D eigenvalue weighted by Gasteiger charge is -2.17. The van der Waals surface area contributed by atoms with Crippen molar-refractivity contribution in [2.24, 2.45) is 0 Å². The van der Waals surface area contributed by atoms with Gasteiger partial charge in [0, 0.05) is 26.1 Å².